The fraction of sp³-hybridized carbons (Fsp3) is 0.706. The zero-order valence-electron chi connectivity index (χ0n) is 24.5. The highest BCUT2D eigenvalue weighted by Crippen LogP contribution is 2.41. The van der Waals surface area contributed by atoms with E-state index in [1.165, 1.54) is 136 Å². The predicted octanol–water partition coefficient (Wildman–Crippen LogP) is 12.7. The van der Waals surface area contributed by atoms with Crippen LogP contribution >= 0.6 is 22.7 Å². The number of fused-ring (bicyclic) bond motifs is 2. The minimum atomic E-state index is 0.831. The molecule has 2 aromatic heterocycles. The summed E-state index contributed by atoms with van der Waals surface area (Å²) in [7, 11) is 0. The highest BCUT2D eigenvalue weighted by molar-refractivity contribution is 7.19. The van der Waals surface area contributed by atoms with Crippen LogP contribution in [0.3, 0.4) is 0 Å². The Morgan fingerprint density at radius 2 is 0.763 bits per heavy atom. The third-order valence-electron chi connectivity index (χ3n) is 7.71. The smallest absolute Gasteiger partial charge is 0.137 e. The molecule has 0 unspecified atom stereocenters. The van der Waals surface area contributed by atoms with Gasteiger partial charge in [0.15, 0.2) is 0 Å². The second-order valence-corrected chi connectivity index (χ2v) is 12.9. The van der Waals surface area contributed by atoms with Gasteiger partial charge in [0.1, 0.15) is 11.5 Å². The lowest BCUT2D eigenvalue weighted by Crippen LogP contribution is -1.97. The van der Waals surface area contributed by atoms with E-state index in [2.05, 4.69) is 36.7 Å². The van der Waals surface area contributed by atoms with Crippen LogP contribution in [0.5, 0.6) is 11.5 Å². The van der Waals surface area contributed by atoms with E-state index < -0.39 is 0 Å². The Morgan fingerprint density at radius 1 is 0.447 bits per heavy atom. The van der Waals surface area contributed by atoms with Gasteiger partial charge in [0.05, 0.1) is 13.2 Å². The molecule has 4 heteroatoms. The van der Waals surface area contributed by atoms with Gasteiger partial charge in [-0.15, -0.1) is 22.7 Å². The number of rotatable bonds is 24. The molecular weight excluding hydrogens is 505 g/mol. The van der Waals surface area contributed by atoms with Crippen molar-refractivity contribution >= 4 is 42.8 Å². The van der Waals surface area contributed by atoms with Crippen LogP contribution in [0.1, 0.15) is 142 Å². The lowest BCUT2D eigenvalue weighted by molar-refractivity contribution is 0.308. The van der Waals surface area contributed by atoms with Crippen molar-refractivity contribution in [3.8, 4) is 11.5 Å². The zero-order valence-corrected chi connectivity index (χ0v) is 26.1. The minimum absolute atomic E-state index is 0.831. The van der Waals surface area contributed by atoms with Gasteiger partial charge in [0, 0.05) is 30.9 Å². The van der Waals surface area contributed by atoms with Crippen molar-refractivity contribution in [2.24, 2.45) is 0 Å². The molecule has 0 bridgehead atoms. The monoisotopic (exact) mass is 558 g/mol. The molecule has 0 amide bonds. The van der Waals surface area contributed by atoms with Crippen LogP contribution in [0.4, 0.5) is 0 Å². The maximum absolute atomic E-state index is 6.21. The van der Waals surface area contributed by atoms with E-state index in [4.69, 9.17) is 9.47 Å². The quantitative estimate of drug-likeness (QED) is 0.102. The molecule has 38 heavy (non-hydrogen) atoms. The third kappa shape index (κ3) is 11.5. The molecule has 2 heterocycles. The van der Waals surface area contributed by atoms with Crippen LogP contribution in [0.2, 0.25) is 0 Å². The molecule has 214 valence electrons. The Balaban J connectivity index is 1.30. The Morgan fingerprint density at radius 3 is 1.11 bits per heavy atom. The maximum atomic E-state index is 6.21. The van der Waals surface area contributed by atoms with Crippen molar-refractivity contribution < 1.29 is 9.47 Å². The molecular formula is C34H54O2S2. The topological polar surface area (TPSA) is 18.5 Å². The van der Waals surface area contributed by atoms with Crippen LogP contribution < -0.4 is 9.47 Å². The van der Waals surface area contributed by atoms with Gasteiger partial charge in [0.2, 0.25) is 0 Å². The van der Waals surface area contributed by atoms with E-state index in [1.807, 2.05) is 0 Å². The Bertz CT molecular complexity index is 909. The molecule has 0 spiro atoms. The largest absolute Gasteiger partial charge is 0.492 e. The number of hydrogen-bond acceptors (Lipinski definition) is 4. The van der Waals surface area contributed by atoms with Crippen LogP contribution in [-0.4, -0.2) is 13.2 Å². The van der Waals surface area contributed by atoms with E-state index >= 15 is 0 Å². The van der Waals surface area contributed by atoms with E-state index in [-0.39, 0.29) is 0 Å². The molecule has 0 atom stereocenters. The van der Waals surface area contributed by atoms with Crippen LogP contribution in [0.25, 0.3) is 20.2 Å². The summed E-state index contributed by atoms with van der Waals surface area (Å²) in [5.41, 5.74) is 0. The van der Waals surface area contributed by atoms with E-state index in [0.717, 1.165) is 37.6 Å². The van der Waals surface area contributed by atoms with Gasteiger partial charge < -0.3 is 9.47 Å². The van der Waals surface area contributed by atoms with Crippen LogP contribution in [0.15, 0.2) is 22.9 Å². The average molecular weight is 559 g/mol. The van der Waals surface area contributed by atoms with Gasteiger partial charge in [-0.2, -0.15) is 0 Å². The Labute approximate surface area is 241 Å². The summed E-state index contributed by atoms with van der Waals surface area (Å²) < 4.78 is 15.0. The summed E-state index contributed by atoms with van der Waals surface area (Å²) in [6.07, 6.45) is 27.2. The van der Waals surface area contributed by atoms with Gasteiger partial charge in [0.25, 0.3) is 0 Å². The Hall–Kier alpha value is -1.26. The summed E-state index contributed by atoms with van der Waals surface area (Å²) in [4.78, 5) is 0. The molecule has 2 nitrogen and oxygen atoms in total. The number of hydrogen-bond donors (Lipinski definition) is 0. The Kier molecular flexibility index (Phi) is 16.2. The van der Waals surface area contributed by atoms with Gasteiger partial charge in [-0.3, -0.25) is 0 Å². The number of benzene rings is 1. The predicted molar refractivity (Wildman–Crippen MR) is 172 cm³/mol. The zero-order chi connectivity index (χ0) is 26.7. The first-order chi connectivity index (χ1) is 18.8. The number of ether oxygens (including phenoxy) is 2. The van der Waals surface area contributed by atoms with Gasteiger partial charge >= 0.3 is 0 Å². The summed E-state index contributed by atoms with van der Waals surface area (Å²) in [5, 5.41) is 6.90. The lowest BCUT2D eigenvalue weighted by atomic mass is 10.1. The van der Waals surface area contributed by atoms with E-state index in [0.29, 0.717) is 0 Å². The summed E-state index contributed by atoms with van der Waals surface area (Å²) in [6.45, 7) is 6.24. The normalized spacial score (nSPS) is 11.6. The first kappa shape index (κ1) is 31.3. The highest BCUT2D eigenvalue weighted by atomic mass is 32.1. The van der Waals surface area contributed by atoms with Gasteiger partial charge in [-0.1, -0.05) is 129 Å². The molecule has 3 rings (SSSR count). The van der Waals surface area contributed by atoms with Crippen molar-refractivity contribution in [1.82, 2.24) is 0 Å². The molecule has 3 aromatic rings. The highest BCUT2D eigenvalue weighted by Gasteiger charge is 2.12. The fourth-order valence-corrected chi connectivity index (χ4v) is 7.07. The maximum Gasteiger partial charge on any atom is 0.137 e. The number of unbranched alkanes of at least 4 members (excludes halogenated alkanes) is 18. The SMILES string of the molecule is CCCCCCCCCCCCOc1csc2cc3c(OCCCCCCCCCCCC)csc3cc12. The standard InChI is InChI=1S/C34H54O2S2/c1-3-5-7-9-11-13-15-17-19-21-23-35-31-27-37-33-26-30-32(28-38-34(30)25-29(31)33)36-24-22-20-18-16-14-12-10-8-6-4-2/h25-28H,3-24H2,1-2H3. The molecule has 0 saturated heterocycles. The average Bonchev–Trinajstić information content (AvgIpc) is 3.52. The molecule has 0 fully saturated rings. The van der Waals surface area contributed by atoms with Crippen LogP contribution in [-0.2, 0) is 0 Å². The molecule has 1 aromatic carbocycles. The molecule has 0 radical (unpaired) electrons. The minimum Gasteiger partial charge on any atom is -0.492 e. The van der Waals surface area contributed by atoms with Crippen molar-refractivity contribution in [2.75, 3.05) is 13.2 Å². The molecule has 0 aliphatic carbocycles. The van der Waals surface area contributed by atoms with Crippen molar-refractivity contribution in [2.45, 2.75) is 142 Å². The van der Waals surface area contributed by atoms with Crippen molar-refractivity contribution in [1.29, 1.82) is 0 Å². The first-order valence-corrected chi connectivity index (χ1v) is 17.8. The van der Waals surface area contributed by atoms with E-state index in [9.17, 15) is 0 Å². The second-order valence-electron chi connectivity index (χ2n) is 11.1. The summed E-state index contributed by atoms with van der Waals surface area (Å²) in [5.74, 6) is 2.12. The van der Waals surface area contributed by atoms with Gasteiger partial charge in [-0.05, 0) is 25.0 Å². The van der Waals surface area contributed by atoms with Crippen molar-refractivity contribution in [3.63, 3.8) is 0 Å². The molecule has 0 aliphatic heterocycles. The fourth-order valence-electron chi connectivity index (χ4n) is 5.27. The summed E-state index contributed by atoms with van der Waals surface area (Å²) >= 11 is 3.59. The first-order valence-electron chi connectivity index (χ1n) is 16.0. The third-order valence-corrected chi connectivity index (χ3v) is 9.56. The van der Waals surface area contributed by atoms with Gasteiger partial charge in [-0.25, -0.2) is 0 Å². The van der Waals surface area contributed by atoms with E-state index in [1.54, 1.807) is 22.7 Å². The van der Waals surface area contributed by atoms with Crippen molar-refractivity contribution in [3.05, 3.63) is 22.9 Å². The van der Waals surface area contributed by atoms with Crippen LogP contribution in [0, 0.1) is 0 Å². The molecule has 0 N–H and O–H groups in total. The lowest BCUT2D eigenvalue weighted by Gasteiger charge is -2.07. The number of thiophene rings is 2. The molecule has 0 aliphatic rings. The second kappa shape index (κ2) is 19.7. The summed E-state index contributed by atoms with van der Waals surface area (Å²) in [6, 6.07) is 4.63. The molecule has 0 saturated carbocycles.